The fraction of sp³-hybridized carbons (Fsp3) is 0.818. The number of nitrogens with zero attached hydrogens (tertiary/aromatic N) is 2. The molecule has 0 amide bonds. The highest BCUT2D eigenvalue weighted by molar-refractivity contribution is 4.87. The van der Waals surface area contributed by atoms with Crippen LogP contribution in [0, 0.1) is 5.92 Å². The molecule has 1 heterocycles. The van der Waals surface area contributed by atoms with E-state index in [2.05, 4.69) is 6.58 Å². The maximum Gasteiger partial charge on any atom is 0.264 e. The fourth-order valence-corrected chi connectivity index (χ4v) is 2.05. The van der Waals surface area contributed by atoms with Crippen LogP contribution in [0.25, 0.3) is 0 Å². The van der Waals surface area contributed by atoms with Crippen LogP contribution in [0.2, 0.25) is 0 Å². The highest BCUT2D eigenvalue weighted by Gasteiger charge is 2.43. The lowest BCUT2D eigenvalue weighted by molar-refractivity contribution is -0.111. The summed E-state index contributed by atoms with van der Waals surface area (Å²) >= 11 is 0. The molecule has 0 aliphatic carbocycles. The van der Waals surface area contributed by atoms with Crippen molar-refractivity contribution in [2.75, 3.05) is 40.3 Å². The summed E-state index contributed by atoms with van der Waals surface area (Å²) in [6, 6.07) is 0. The zero-order valence-corrected chi connectivity index (χ0v) is 9.55. The van der Waals surface area contributed by atoms with Gasteiger partial charge in [-0.3, -0.25) is 0 Å². The number of piperidine rings is 1. The van der Waals surface area contributed by atoms with Crippen molar-refractivity contribution < 1.29 is 8.78 Å². The Kier molecular flexibility index (Phi) is 4.22. The highest BCUT2D eigenvalue weighted by Crippen LogP contribution is 2.32. The monoisotopic (exact) mass is 218 g/mol. The first-order chi connectivity index (χ1) is 6.95. The third-order valence-electron chi connectivity index (χ3n) is 2.91. The van der Waals surface area contributed by atoms with E-state index in [1.165, 1.54) is 0 Å². The van der Waals surface area contributed by atoms with Crippen molar-refractivity contribution in [1.29, 1.82) is 0 Å². The van der Waals surface area contributed by atoms with E-state index in [4.69, 9.17) is 0 Å². The van der Waals surface area contributed by atoms with Crippen LogP contribution in [0.1, 0.15) is 6.42 Å². The molecular formula is C11H20F2N2. The number of rotatable bonds is 4. The Labute approximate surface area is 90.5 Å². The van der Waals surface area contributed by atoms with Crippen LogP contribution >= 0.6 is 0 Å². The minimum Gasteiger partial charge on any atom is -0.302 e. The minimum atomic E-state index is -2.55. The van der Waals surface area contributed by atoms with Gasteiger partial charge < -0.3 is 9.80 Å². The third kappa shape index (κ3) is 3.54. The maximum atomic E-state index is 13.6. The van der Waals surface area contributed by atoms with Gasteiger partial charge in [0.1, 0.15) is 0 Å². The molecule has 0 N–H and O–H groups in total. The van der Waals surface area contributed by atoms with Crippen molar-refractivity contribution in [3.8, 4) is 0 Å². The molecule has 1 aliphatic rings. The van der Waals surface area contributed by atoms with Crippen molar-refractivity contribution in [2.45, 2.75) is 12.3 Å². The topological polar surface area (TPSA) is 6.48 Å². The Morgan fingerprint density at radius 1 is 1.60 bits per heavy atom. The van der Waals surface area contributed by atoms with E-state index in [-0.39, 0.29) is 6.54 Å². The van der Waals surface area contributed by atoms with E-state index in [0.717, 1.165) is 6.54 Å². The van der Waals surface area contributed by atoms with Crippen LogP contribution in [0.4, 0.5) is 8.78 Å². The number of likely N-dealkylation sites (tertiary alicyclic amines) is 1. The van der Waals surface area contributed by atoms with Gasteiger partial charge in [-0.2, -0.15) is 0 Å². The SMILES string of the molecule is C=CCN(C)CC1CCN(C)CC1(F)F. The minimum absolute atomic E-state index is 0.112. The molecular weight excluding hydrogens is 198 g/mol. The number of halogens is 2. The molecule has 0 radical (unpaired) electrons. The smallest absolute Gasteiger partial charge is 0.264 e. The van der Waals surface area contributed by atoms with E-state index in [1.54, 1.807) is 18.0 Å². The summed E-state index contributed by atoms with van der Waals surface area (Å²) < 4.78 is 27.3. The number of likely N-dealkylation sites (N-methyl/N-ethyl adjacent to an activating group) is 1. The Morgan fingerprint density at radius 3 is 2.80 bits per heavy atom. The second-order valence-electron chi connectivity index (χ2n) is 4.49. The molecule has 0 bridgehead atoms. The molecule has 4 heteroatoms. The molecule has 0 saturated carbocycles. The number of hydrogen-bond acceptors (Lipinski definition) is 2. The van der Waals surface area contributed by atoms with Gasteiger partial charge in [0.2, 0.25) is 0 Å². The van der Waals surface area contributed by atoms with Gasteiger partial charge in [0.05, 0.1) is 6.54 Å². The lowest BCUT2D eigenvalue weighted by atomic mass is 9.92. The molecule has 1 rings (SSSR count). The summed E-state index contributed by atoms with van der Waals surface area (Å²) in [5.41, 5.74) is 0. The van der Waals surface area contributed by atoms with Gasteiger partial charge in [-0.1, -0.05) is 6.08 Å². The summed E-state index contributed by atoms with van der Waals surface area (Å²) in [5.74, 6) is -3.07. The third-order valence-corrected chi connectivity index (χ3v) is 2.91. The summed E-state index contributed by atoms with van der Waals surface area (Å²) in [5, 5.41) is 0. The van der Waals surface area contributed by atoms with E-state index in [0.29, 0.717) is 19.5 Å². The van der Waals surface area contributed by atoms with Gasteiger partial charge in [0, 0.05) is 19.0 Å². The molecule has 0 aromatic rings. The highest BCUT2D eigenvalue weighted by atomic mass is 19.3. The normalized spacial score (nSPS) is 26.9. The van der Waals surface area contributed by atoms with E-state index < -0.39 is 11.8 Å². The van der Waals surface area contributed by atoms with Crippen LogP contribution in [-0.4, -0.2) is 56.0 Å². The van der Waals surface area contributed by atoms with Gasteiger partial charge in [-0.25, -0.2) is 8.78 Å². The van der Waals surface area contributed by atoms with Crippen molar-refractivity contribution >= 4 is 0 Å². The zero-order valence-electron chi connectivity index (χ0n) is 9.55. The molecule has 0 aromatic carbocycles. The average molecular weight is 218 g/mol. The fourth-order valence-electron chi connectivity index (χ4n) is 2.05. The molecule has 0 spiro atoms. The second-order valence-corrected chi connectivity index (χ2v) is 4.49. The predicted octanol–water partition coefficient (Wildman–Crippen LogP) is 1.69. The standard InChI is InChI=1S/C11H20F2N2/c1-4-6-14(2)8-10-5-7-15(3)9-11(10,12)13/h4,10H,1,5-9H2,2-3H3. The summed E-state index contributed by atoms with van der Waals surface area (Å²) in [6.45, 7) is 5.38. The van der Waals surface area contributed by atoms with E-state index >= 15 is 0 Å². The Bertz CT molecular complexity index is 219. The Hall–Kier alpha value is -0.480. The van der Waals surface area contributed by atoms with Gasteiger partial charge in [0.25, 0.3) is 5.92 Å². The van der Waals surface area contributed by atoms with Crippen LogP contribution in [0.5, 0.6) is 0 Å². The van der Waals surface area contributed by atoms with Crippen molar-refractivity contribution in [3.63, 3.8) is 0 Å². The van der Waals surface area contributed by atoms with Gasteiger partial charge in [-0.15, -0.1) is 6.58 Å². The summed E-state index contributed by atoms with van der Waals surface area (Å²) in [4.78, 5) is 3.60. The Morgan fingerprint density at radius 2 is 2.27 bits per heavy atom. The van der Waals surface area contributed by atoms with E-state index in [1.807, 2.05) is 11.9 Å². The first-order valence-corrected chi connectivity index (χ1v) is 5.31. The molecule has 0 aromatic heterocycles. The van der Waals surface area contributed by atoms with E-state index in [9.17, 15) is 8.78 Å². The van der Waals surface area contributed by atoms with Crippen LogP contribution < -0.4 is 0 Å². The summed E-state index contributed by atoms with van der Waals surface area (Å²) in [6.07, 6.45) is 2.32. The second kappa shape index (κ2) is 5.03. The summed E-state index contributed by atoms with van der Waals surface area (Å²) in [7, 11) is 3.60. The molecule has 1 atom stereocenters. The number of alkyl halides is 2. The molecule has 1 fully saturated rings. The first kappa shape index (κ1) is 12.6. The predicted molar refractivity (Wildman–Crippen MR) is 58.2 cm³/mol. The maximum absolute atomic E-state index is 13.6. The average Bonchev–Trinajstić information content (AvgIpc) is 2.09. The van der Waals surface area contributed by atoms with Crippen LogP contribution in [0.3, 0.4) is 0 Å². The molecule has 88 valence electrons. The molecule has 15 heavy (non-hydrogen) atoms. The van der Waals surface area contributed by atoms with Crippen molar-refractivity contribution in [3.05, 3.63) is 12.7 Å². The largest absolute Gasteiger partial charge is 0.302 e. The van der Waals surface area contributed by atoms with Crippen molar-refractivity contribution in [1.82, 2.24) is 9.80 Å². The molecule has 1 aliphatic heterocycles. The molecule has 1 saturated heterocycles. The number of hydrogen-bond donors (Lipinski definition) is 0. The van der Waals surface area contributed by atoms with Gasteiger partial charge >= 0.3 is 0 Å². The van der Waals surface area contributed by atoms with Gasteiger partial charge in [0.15, 0.2) is 0 Å². The first-order valence-electron chi connectivity index (χ1n) is 5.31. The molecule has 1 unspecified atom stereocenters. The van der Waals surface area contributed by atoms with Crippen molar-refractivity contribution in [2.24, 2.45) is 5.92 Å². The zero-order chi connectivity index (χ0) is 11.5. The van der Waals surface area contributed by atoms with Gasteiger partial charge in [-0.05, 0) is 27.1 Å². The van der Waals surface area contributed by atoms with Crippen LogP contribution in [0.15, 0.2) is 12.7 Å². The lowest BCUT2D eigenvalue weighted by Gasteiger charge is -2.38. The lowest BCUT2D eigenvalue weighted by Crippen LogP contribution is -2.50. The quantitative estimate of drug-likeness (QED) is 0.663. The van der Waals surface area contributed by atoms with Crippen LogP contribution in [-0.2, 0) is 0 Å². The molecule has 2 nitrogen and oxygen atoms in total. The Balaban J connectivity index is 2.50.